The molecule has 0 saturated carbocycles. The maximum absolute atomic E-state index is 14.8. The predicted molar refractivity (Wildman–Crippen MR) is 128 cm³/mol. The SMILES string of the molecule is O=C1CCc2cc(S(=O)(=O)N3CCN(C(c4ccccc4)c4ccccc4)CC3)c(F)cc2N1. The first-order valence-corrected chi connectivity index (χ1v) is 12.8. The molecule has 1 N–H and O–H groups in total. The van der Waals surface area contributed by atoms with Gasteiger partial charge < -0.3 is 5.32 Å². The van der Waals surface area contributed by atoms with E-state index in [1.165, 1.54) is 10.4 Å². The molecule has 1 amide bonds. The lowest BCUT2D eigenvalue weighted by molar-refractivity contribution is -0.116. The van der Waals surface area contributed by atoms with E-state index in [0.717, 1.165) is 17.2 Å². The number of hydrogen-bond acceptors (Lipinski definition) is 4. The minimum atomic E-state index is -4.00. The van der Waals surface area contributed by atoms with Crippen LogP contribution >= 0.6 is 0 Å². The number of piperazine rings is 1. The third kappa shape index (κ3) is 4.36. The van der Waals surface area contributed by atoms with Crippen molar-refractivity contribution in [2.75, 3.05) is 31.5 Å². The van der Waals surface area contributed by atoms with Crippen molar-refractivity contribution in [1.82, 2.24) is 9.21 Å². The van der Waals surface area contributed by atoms with Crippen molar-refractivity contribution in [3.8, 4) is 0 Å². The van der Waals surface area contributed by atoms with Crippen LogP contribution in [0.4, 0.5) is 10.1 Å². The summed E-state index contributed by atoms with van der Waals surface area (Å²) in [5, 5.41) is 2.61. The van der Waals surface area contributed by atoms with Crippen LogP contribution in [0.15, 0.2) is 77.7 Å². The van der Waals surface area contributed by atoms with E-state index in [1.54, 1.807) is 0 Å². The second kappa shape index (κ2) is 9.29. The average Bonchev–Trinajstić information content (AvgIpc) is 2.85. The van der Waals surface area contributed by atoms with E-state index >= 15 is 0 Å². The van der Waals surface area contributed by atoms with E-state index in [9.17, 15) is 17.6 Å². The number of hydrogen-bond donors (Lipinski definition) is 1. The maximum Gasteiger partial charge on any atom is 0.246 e. The van der Waals surface area contributed by atoms with E-state index in [-0.39, 0.29) is 36.4 Å². The van der Waals surface area contributed by atoms with Crippen molar-refractivity contribution in [3.63, 3.8) is 0 Å². The van der Waals surface area contributed by atoms with Crippen LogP contribution in [-0.4, -0.2) is 49.7 Å². The molecule has 2 aliphatic heterocycles. The Balaban J connectivity index is 1.38. The molecule has 1 saturated heterocycles. The Morgan fingerprint density at radius 1 is 0.824 bits per heavy atom. The van der Waals surface area contributed by atoms with Gasteiger partial charge in [0.1, 0.15) is 10.7 Å². The molecule has 8 heteroatoms. The van der Waals surface area contributed by atoms with E-state index < -0.39 is 15.8 Å². The zero-order valence-electron chi connectivity index (χ0n) is 18.7. The highest BCUT2D eigenvalue weighted by molar-refractivity contribution is 7.89. The van der Waals surface area contributed by atoms with Gasteiger partial charge in [0.05, 0.1) is 6.04 Å². The lowest BCUT2D eigenvalue weighted by Crippen LogP contribution is -2.49. The standard InChI is InChI=1S/C26H26FN3O3S/c27-22-18-23-21(11-12-25(31)28-23)17-24(22)34(32,33)30-15-13-29(14-16-30)26(19-7-3-1-4-8-19)20-9-5-2-6-10-20/h1-10,17-18,26H,11-16H2,(H,28,31). The Kier molecular flexibility index (Phi) is 6.20. The van der Waals surface area contributed by atoms with E-state index in [4.69, 9.17) is 0 Å². The molecule has 2 heterocycles. The van der Waals surface area contributed by atoms with Crippen LogP contribution in [0.5, 0.6) is 0 Å². The summed E-state index contributed by atoms with van der Waals surface area (Å²) >= 11 is 0. The van der Waals surface area contributed by atoms with Gasteiger partial charge in [-0.15, -0.1) is 0 Å². The Hall–Kier alpha value is -3.07. The third-order valence-corrected chi connectivity index (χ3v) is 8.45. The van der Waals surface area contributed by atoms with Gasteiger partial charge in [-0.05, 0) is 35.2 Å². The van der Waals surface area contributed by atoms with Gasteiger partial charge in [0.15, 0.2) is 0 Å². The maximum atomic E-state index is 14.8. The molecule has 0 atom stereocenters. The molecule has 1 fully saturated rings. The van der Waals surface area contributed by atoms with Crippen LogP contribution in [0.2, 0.25) is 0 Å². The van der Waals surface area contributed by atoms with Gasteiger partial charge in [-0.1, -0.05) is 60.7 Å². The number of aryl methyl sites for hydroxylation is 1. The zero-order valence-corrected chi connectivity index (χ0v) is 19.5. The van der Waals surface area contributed by atoms with Gasteiger partial charge >= 0.3 is 0 Å². The van der Waals surface area contributed by atoms with Gasteiger partial charge in [-0.25, -0.2) is 12.8 Å². The summed E-state index contributed by atoms with van der Waals surface area (Å²) in [6.07, 6.45) is 0.657. The predicted octanol–water partition coefficient (Wildman–Crippen LogP) is 3.81. The van der Waals surface area contributed by atoms with Crippen molar-refractivity contribution >= 4 is 21.6 Å². The van der Waals surface area contributed by atoms with E-state index in [2.05, 4.69) is 34.5 Å². The summed E-state index contributed by atoms with van der Waals surface area (Å²) in [6.45, 7) is 1.59. The number of benzene rings is 3. The molecular weight excluding hydrogens is 453 g/mol. The molecule has 0 unspecified atom stereocenters. The van der Waals surface area contributed by atoms with Crippen LogP contribution in [0.3, 0.4) is 0 Å². The largest absolute Gasteiger partial charge is 0.326 e. The average molecular weight is 480 g/mol. The quantitative estimate of drug-likeness (QED) is 0.604. The number of amides is 1. The lowest BCUT2D eigenvalue weighted by Gasteiger charge is -2.39. The zero-order chi connectivity index (χ0) is 23.7. The first kappa shape index (κ1) is 22.7. The highest BCUT2D eigenvalue weighted by Crippen LogP contribution is 2.32. The van der Waals surface area contributed by atoms with Gasteiger partial charge in [-0.2, -0.15) is 4.31 Å². The monoisotopic (exact) mass is 479 g/mol. The molecule has 5 rings (SSSR count). The first-order valence-electron chi connectivity index (χ1n) is 11.4. The summed E-state index contributed by atoms with van der Waals surface area (Å²) < 4.78 is 42.9. The second-order valence-corrected chi connectivity index (χ2v) is 10.6. The van der Waals surface area contributed by atoms with Gasteiger partial charge in [0.2, 0.25) is 15.9 Å². The van der Waals surface area contributed by atoms with Gasteiger partial charge in [-0.3, -0.25) is 9.69 Å². The van der Waals surface area contributed by atoms with Crippen molar-refractivity contribution in [2.24, 2.45) is 0 Å². The fraction of sp³-hybridized carbons (Fsp3) is 0.269. The van der Waals surface area contributed by atoms with E-state index in [0.29, 0.717) is 30.8 Å². The Morgan fingerprint density at radius 2 is 1.41 bits per heavy atom. The molecule has 3 aromatic rings. The molecule has 0 aliphatic carbocycles. The van der Waals surface area contributed by atoms with Gasteiger partial charge in [0, 0.05) is 38.3 Å². The van der Waals surface area contributed by atoms with Crippen LogP contribution in [0.25, 0.3) is 0 Å². The molecule has 0 bridgehead atoms. The number of carbonyl (C=O) groups is 1. The van der Waals surface area contributed by atoms with Crippen LogP contribution in [0.1, 0.15) is 29.2 Å². The number of halogens is 1. The van der Waals surface area contributed by atoms with Crippen LogP contribution in [0, 0.1) is 5.82 Å². The molecule has 3 aromatic carbocycles. The van der Waals surface area contributed by atoms with E-state index in [1.807, 2.05) is 36.4 Å². The summed E-state index contributed by atoms with van der Waals surface area (Å²) in [4.78, 5) is 13.5. The van der Waals surface area contributed by atoms with Gasteiger partial charge in [0.25, 0.3) is 0 Å². The molecule has 176 valence electrons. The lowest BCUT2D eigenvalue weighted by atomic mass is 9.96. The molecule has 34 heavy (non-hydrogen) atoms. The first-order chi connectivity index (χ1) is 16.4. The number of anilines is 1. The highest BCUT2D eigenvalue weighted by atomic mass is 32.2. The molecular formula is C26H26FN3O3S. The normalized spacial score (nSPS) is 17.4. The number of fused-ring (bicyclic) bond motifs is 1. The summed E-state index contributed by atoms with van der Waals surface area (Å²) in [5.74, 6) is -1.03. The highest BCUT2D eigenvalue weighted by Gasteiger charge is 2.34. The van der Waals surface area contributed by atoms with Crippen molar-refractivity contribution < 1.29 is 17.6 Å². The third-order valence-electron chi connectivity index (χ3n) is 6.54. The molecule has 0 spiro atoms. The summed E-state index contributed by atoms with van der Waals surface area (Å²) in [7, 11) is -4.00. The number of nitrogens with one attached hydrogen (secondary N) is 1. The topological polar surface area (TPSA) is 69.7 Å². The van der Waals surface area contributed by atoms with Crippen molar-refractivity contribution in [2.45, 2.75) is 23.8 Å². The second-order valence-electron chi connectivity index (χ2n) is 8.65. The van der Waals surface area contributed by atoms with Crippen LogP contribution in [-0.2, 0) is 21.2 Å². The summed E-state index contributed by atoms with van der Waals surface area (Å²) in [5.41, 5.74) is 3.29. The molecule has 0 aromatic heterocycles. The minimum absolute atomic E-state index is 0.0105. The number of sulfonamides is 1. The molecule has 0 radical (unpaired) electrons. The number of carbonyl (C=O) groups excluding carboxylic acids is 1. The summed E-state index contributed by atoms with van der Waals surface area (Å²) in [6, 6.07) is 22.8. The molecule has 6 nitrogen and oxygen atoms in total. The Morgan fingerprint density at radius 3 is 2.00 bits per heavy atom. The number of rotatable bonds is 5. The van der Waals surface area contributed by atoms with Crippen molar-refractivity contribution in [1.29, 1.82) is 0 Å². The fourth-order valence-electron chi connectivity index (χ4n) is 4.80. The molecule has 2 aliphatic rings. The van der Waals surface area contributed by atoms with Crippen LogP contribution < -0.4 is 5.32 Å². The smallest absolute Gasteiger partial charge is 0.246 e. The fourth-order valence-corrected chi connectivity index (χ4v) is 6.32. The Bertz CT molecular complexity index is 1250. The Labute approximate surface area is 199 Å². The van der Waals surface area contributed by atoms with Crippen molar-refractivity contribution in [3.05, 3.63) is 95.3 Å². The minimum Gasteiger partial charge on any atom is -0.326 e. The number of nitrogens with zero attached hydrogens (tertiary/aromatic N) is 2.